The van der Waals surface area contributed by atoms with E-state index in [2.05, 4.69) is 32.0 Å². The van der Waals surface area contributed by atoms with Crippen LogP contribution in [0.2, 0.25) is 0 Å². The van der Waals surface area contributed by atoms with E-state index >= 15 is 0 Å². The highest BCUT2D eigenvalue weighted by atomic mass is 16.4. The number of carboxylic acid groups (broad SMARTS) is 1. The van der Waals surface area contributed by atoms with Crippen molar-refractivity contribution in [2.45, 2.75) is 64.2 Å². The van der Waals surface area contributed by atoms with E-state index in [4.69, 9.17) is 0 Å². The standard InChI is InChI=1S/C17H24O2/c1-3-13-8-9-14(4-2)15(12-13)17(16(18)19)10-6-5-7-11-17/h8-9,12H,3-7,10-11H2,1-2H3,(H,18,19). The van der Waals surface area contributed by atoms with Crippen LogP contribution in [0.25, 0.3) is 0 Å². The maximum atomic E-state index is 11.9. The van der Waals surface area contributed by atoms with Gasteiger partial charge in [-0.15, -0.1) is 0 Å². The Balaban J connectivity index is 2.54. The van der Waals surface area contributed by atoms with Crippen LogP contribution in [0.1, 0.15) is 62.6 Å². The molecule has 0 heterocycles. The van der Waals surface area contributed by atoms with Crippen molar-refractivity contribution in [3.63, 3.8) is 0 Å². The van der Waals surface area contributed by atoms with Crippen LogP contribution in [0.15, 0.2) is 18.2 Å². The third-order valence-electron chi connectivity index (χ3n) is 4.60. The van der Waals surface area contributed by atoms with Gasteiger partial charge in [0.25, 0.3) is 0 Å². The molecule has 0 saturated heterocycles. The van der Waals surface area contributed by atoms with Crippen molar-refractivity contribution in [3.8, 4) is 0 Å². The zero-order valence-corrected chi connectivity index (χ0v) is 12.0. The fraction of sp³-hybridized carbons (Fsp3) is 0.588. The highest BCUT2D eigenvalue weighted by molar-refractivity contribution is 5.82. The molecule has 104 valence electrons. The van der Waals surface area contributed by atoms with Gasteiger partial charge in [0.2, 0.25) is 0 Å². The highest BCUT2D eigenvalue weighted by Gasteiger charge is 2.42. The molecule has 0 radical (unpaired) electrons. The van der Waals surface area contributed by atoms with E-state index in [0.717, 1.165) is 44.1 Å². The van der Waals surface area contributed by atoms with Gasteiger partial charge in [0.15, 0.2) is 0 Å². The summed E-state index contributed by atoms with van der Waals surface area (Å²) in [5, 5.41) is 9.83. The van der Waals surface area contributed by atoms with E-state index in [1.807, 2.05) is 0 Å². The minimum Gasteiger partial charge on any atom is -0.481 e. The lowest BCUT2D eigenvalue weighted by molar-refractivity contribution is -0.145. The van der Waals surface area contributed by atoms with Gasteiger partial charge in [-0.1, -0.05) is 51.3 Å². The van der Waals surface area contributed by atoms with E-state index in [1.54, 1.807) is 0 Å². The third-order valence-corrected chi connectivity index (χ3v) is 4.60. The lowest BCUT2D eigenvalue weighted by Crippen LogP contribution is -2.38. The summed E-state index contributed by atoms with van der Waals surface area (Å²) in [6.45, 7) is 4.24. The summed E-state index contributed by atoms with van der Waals surface area (Å²) in [7, 11) is 0. The predicted molar refractivity (Wildman–Crippen MR) is 77.6 cm³/mol. The minimum absolute atomic E-state index is 0.629. The summed E-state index contributed by atoms with van der Waals surface area (Å²) in [6, 6.07) is 6.42. The number of aliphatic carboxylic acids is 1. The van der Waals surface area contributed by atoms with Crippen LogP contribution in [0.5, 0.6) is 0 Å². The molecule has 0 bridgehead atoms. The van der Waals surface area contributed by atoms with Gasteiger partial charge in [0.05, 0.1) is 5.41 Å². The zero-order chi connectivity index (χ0) is 13.9. The molecule has 2 rings (SSSR count). The SMILES string of the molecule is CCc1ccc(CC)c(C2(C(=O)O)CCCCC2)c1. The minimum atomic E-state index is -0.630. The summed E-state index contributed by atoms with van der Waals surface area (Å²) in [6.07, 6.45) is 6.70. The molecule has 0 unspecified atom stereocenters. The maximum absolute atomic E-state index is 11.9. The lowest BCUT2D eigenvalue weighted by atomic mass is 9.67. The maximum Gasteiger partial charge on any atom is 0.314 e. The van der Waals surface area contributed by atoms with Crippen LogP contribution < -0.4 is 0 Å². The van der Waals surface area contributed by atoms with Crippen molar-refractivity contribution in [1.82, 2.24) is 0 Å². The molecule has 1 aromatic rings. The van der Waals surface area contributed by atoms with E-state index in [-0.39, 0.29) is 0 Å². The third kappa shape index (κ3) is 2.54. The fourth-order valence-corrected chi connectivity index (χ4v) is 3.35. The van der Waals surface area contributed by atoms with E-state index < -0.39 is 11.4 Å². The Labute approximate surface area is 115 Å². The van der Waals surface area contributed by atoms with E-state index in [0.29, 0.717) is 0 Å². The van der Waals surface area contributed by atoms with Gasteiger partial charge in [-0.3, -0.25) is 4.79 Å². The molecule has 1 aliphatic carbocycles. The van der Waals surface area contributed by atoms with Gasteiger partial charge >= 0.3 is 5.97 Å². The first-order valence-electron chi connectivity index (χ1n) is 7.49. The van der Waals surface area contributed by atoms with Crippen LogP contribution in [0, 0.1) is 0 Å². The molecule has 1 fully saturated rings. The summed E-state index contributed by atoms with van der Waals surface area (Å²) in [5.41, 5.74) is 2.91. The van der Waals surface area contributed by atoms with Crippen molar-refractivity contribution in [2.75, 3.05) is 0 Å². The monoisotopic (exact) mass is 260 g/mol. The number of rotatable bonds is 4. The van der Waals surface area contributed by atoms with Crippen molar-refractivity contribution in [3.05, 3.63) is 34.9 Å². The lowest BCUT2D eigenvalue weighted by Gasteiger charge is -2.35. The van der Waals surface area contributed by atoms with Crippen molar-refractivity contribution in [2.24, 2.45) is 0 Å². The van der Waals surface area contributed by atoms with Gasteiger partial charge in [-0.2, -0.15) is 0 Å². The topological polar surface area (TPSA) is 37.3 Å². The smallest absolute Gasteiger partial charge is 0.314 e. The largest absolute Gasteiger partial charge is 0.481 e. The molecule has 19 heavy (non-hydrogen) atoms. The molecular weight excluding hydrogens is 236 g/mol. The molecule has 1 aromatic carbocycles. The summed E-state index contributed by atoms with van der Waals surface area (Å²) >= 11 is 0. The second kappa shape index (κ2) is 5.77. The molecule has 2 nitrogen and oxygen atoms in total. The molecule has 0 atom stereocenters. The Hall–Kier alpha value is -1.31. The summed E-state index contributed by atoms with van der Waals surface area (Å²) < 4.78 is 0. The molecule has 0 spiro atoms. The van der Waals surface area contributed by atoms with Crippen molar-refractivity contribution < 1.29 is 9.90 Å². The number of hydrogen-bond donors (Lipinski definition) is 1. The second-order valence-electron chi connectivity index (χ2n) is 5.65. The molecule has 1 aliphatic rings. The van der Waals surface area contributed by atoms with E-state index in [9.17, 15) is 9.90 Å². The Morgan fingerprint density at radius 2 is 1.84 bits per heavy atom. The van der Waals surface area contributed by atoms with Crippen LogP contribution in [0.3, 0.4) is 0 Å². The molecule has 0 amide bonds. The van der Waals surface area contributed by atoms with Crippen LogP contribution >= 0.6 is 0 Å². The van der Waals surface area contributed by atoms with Crippen LogP contribution in [-0.4, -0.2) is 11.1 Å². The fourth-order valence-electron chi connectivity index (χ4n) is 3.35. The average Bonchev–Trinajstić information content (AvgIpc) is 2.47. The highest BCUT2D eigenvalue weighted by Crippen LogP contribution is 2.41. The predicted octanol–water partition coefficient (Wildman–Crippen LogP) is 4.10. The summed E-state index contributed by atoms with van der Waals surface area (Å²) in [4.78, 5) is 11.9. The van der Waals surface area contributed by atoms with Gasteiger partial charge in [-0.05, 0) is 42.4 Å². The van der Waals surface area contributed by atoms with Gasteiger partial charge < -0.3 is 5.11 Å². The van der Waals surface area contributed by atoms with Crippen LogP contribution in [-0.2, 0) is 23.1 Å². The molecule has 2 heteroatoms. The molecular formula is C17H24O2. The van der Waals surface area contributed by atoms with E-state index in [1.165, 1.54) is 17.5 Å². The number of carboxylic acids is 1. The molecule has 1 N–H and O–H groups in total. The number of hydrogen-bond acceptors (Lipinski definition) is 1. The molecule has 0 aromatic heterocycles. The number of aryl methyl sites for hydroxylation is 2. The number of carbonyl (C=O) groups is 1. The van der Waals surface area contributed by atoms with Crippen molar-refractivity contribution in [1.29, 1.82) is 0 Å². The van der Waals surface area contributed by atoms with Crippen molar-refractivity contribution >= 4 is 5.97 Å². The Bertz CT molecular complexity index is 456. The Morgan fingerprint density at radius 3 is 2.37 bits per heavy atom. The molecule has 0 aliphatic heterocycles. The first-order chi connectivity index (χ1) is 9.14. The summed E-state index contributed by atoms with van der Waals surface area (Å²) in [5.74, 6) is -0.629. The van der Waals surface area contributed by atoms with Crippen LogP contribution in [0.4, 0.5) is 0 Å². The first-order valence-corrected chi connectivity index (χ1v) is 7.49. The zero-order valence-electron chi connectivity index (χ0n) is 12.0. The Morgan fingerprint density at radius 1 is 1.16 bits per heavy atom. The van der Waals surface area contributed by atoms with Gasteiger partial charge in [-0.25, -0.2) is 0 Å². The second-order valence-corrected chi connectivity index (χ2v) is 5.65. The first kappa shape index (κ1) is 14.1. The van der Waals surface area contributed by atoms with Gasteiger partial charge in [0.1, 0.15) is 0 Å². The molecule has 1 saturated carbocycles. The average molecular weight is 260 g/mol. The van der Waals surface area contributed by atoms with Gasteiger partial charge in [0, 0.05) is 0 Å². The normalized spacial score (nSPS) is 18.2. The number of benzene rings is 1. The quantitative estimate of drug-likeness (QED) is 0.885. The Kier molecular flexibility index (Phi) is 4.28.